The van der Waals surface area contributed by atoms with Crippen LogP contribution in [0.15, 0.2) is 54.6 Å². The summed E-state index contributed by atoms with van der Waals surface area (Å²) in [6.07, 6.45) is -2.25. The molecule has 198 valence electrons. The number of hydrogen-bond donors (Lipinski definition) is 1. The molecule has 1 N–H and O–H groups in total. The number of aliphatic carboxylic acids is 1. The van der Waals surface area contributed by atoms with Crippen molar-refractivity contribution in [1.82, 2.24) is 4.98 Å². The van der Waals surface area contributed by atoms with Crippen molar-refractivity contribution in [2.24, 2.45) is 0 Å². The van der Waals surface area contributed by atoms with E-state index in [4.69, 9.17) is 14.6 Å². The first-order valence-corrected chi connectivity index (χ1v) is 11.9. The van der Waals surface area contributed by atoms with Gasteiger partial charge in [0.1, 0.15) is 5.75 Å². The zero-order chi connectivity index (χ0) is 27.0. The van der Waals surface area contributed by atoms with E-state index >= 15 is 0 Å². The first-order chi connectivity index (χ1) is 17.6. The molecule has 0 spiro atoms. The maximum atomic E-state index is 13.1. The number of carboxylic acid groups (broad SMARTS) is 1. The van der Waals surface area contributed by atoms with Crippen LogP contribution in [0.25, 0.3) is 11.3 Å². The van der Waals surface area contributed by atoms with Gasteiger partial charge in [-0.15, -0.1) is 0 Å². The second kappa shape index (κ2) is 12.6. The Hall–Kier alpha value is -3.59. The van der Waals surface area contributed by atoms with Crippen LogP contribution in [-0.4, -0.2) is 50.0 Å². The van der Waals surface area contributed by atoms with E-state index in [2.05, 4.69) is 9.88 Å². The largest absolute Gasteiger partial charge is 0.482 e. The number of hydrogen-bond acceptors (Lipinski definition) is 5. The second-order valence-corrected chi connectivity index (χ2v) is 8.76. The van der Waals surface area contributed by atoms with Gasteiger partial charge >= 0.3 is 12.1 Å². The molecule has 0 aliphatic heterocycles. The number of nitrogens with zero attached hydrogens (tertiary/aromatic N) is 2. The quantitative estimate of drug-likeness (QED) is 0.307. The van der Waals surface area contributed by atoms with Gasteiger partial charge in [-0.3, -0.25) is 4.98 Å². The van der Waals surface area contributed by atoms with Crippen LogP contribution < -0.4 is 9.64 Å². The van der Waals surface area contributed by atoms with Crippen molar-refractivity contribution >= 4 is 11.7 Å². The number of anilines is 1. The molecule has 9 heteroatoms. The smallest absolute Gasteiger partial charge is 0.416 e. The summed E-state index contributed by atoms with van der Waals surface area (Å²) in [5.41, 5.74) is 3.86. The first-order valence-electron chi connectivity index (χ1n) is 11.9. The van der Waals surface area contributed by atoms with E-state index < -0.39 is 24.3 Å². The lowest BCUT2D eigenvalue weighted by Crippen LogP contribution is -2.21. The summed E-state index contributed by atoms with van der Waals surface area (Å²) in [6.45, 7) is 2.71. The normalized spacial score (nSPS) is 11.4. The molecular weight excluding hydrogens is 485 g/mol. The molecular formula is C28H31F3N2O4. The minimum Gasteiger partial charge on any atom is -0.482 e. The molecule has 0 aliphatic carbocycles. The van der Waals surface area contributed by atoms with Gasteiger partial charge < -0.3 is 19.5 Å². The minimum absolute atomic E-state index is 0.408. The van der Waals surface area contributed by atoms with E-state index in [1.807, 2.05) is 32.2 Å². The van der Waals surface area contributed by atoms with Gasteiger partial charge in [0.2, 0.25) is 0 Å². The lowest BCUT2D eigenvalue weighted by Gasteiger charge is -2.22. The number of carboxylic acids is 1. The highest BCUT2D eigenvalue weighted by Gasteiger charge is 2.30. The third kappa shape index (κ3) is 7.95. The van der Waals surface area contributed by atoms with E-state index in [1.165, 1.54) is 6.07 Å². The molecule has 0 unspecified atom stereocenters. The Morgan fingerprint density at radius 2 is 1.84 bits per heavy atom. The summed E-state index contributed by atoms with van der Waals surface area (Å²) >= 11 is 0. The van der Waals surface area contributed by atoms with Gasteiger partial charge in [0.15, 0.2) is 6.61 Å². The van der Waals surface area contributed by atoms with Crippen molar-refractivity contribution in [3.8, 4) is 17.0 Å². The molecule has 2 aromatic carbocycles. The predicted molar refractivity (Wildman–Crippen MR) is 136 cm³/mol. The number of pyridine rings is 1. The molecule has 0 radical (unpaired) electrons. The molecule has 0 amide bonds. The molecule has 3 rings (SSSR count). The molecule has 0 aliphatic rings. The van der Waals surface area contributed by atoms with E-state index in [0.717, 1.165) is 41.1 Å². The fraction of sp³-hybridized carbons (Fsp3) is 0.357. The van der Waals surface area contributed by atoms with Crippen LogP contribution in [0, 0.1) is 6.92 Å². The van der Waals surface area contributed by atoms with Crippen molar-refractivity contribution in [1.29, 1.82) is 0 Å². The Morgan fingerprint density at radius 3 is 2.51 bits per heavy atom. The highest BCUT2D eigenvalue weighted by Crippen LogP contribution is 2.32. The molecule has 0 atom stereocenters. The van der Waals surface area contributed by atoms with Gasteiger partial charge in [-0.05, 0) is 73.7 Å². The fourth-order valence-electron chi connectivity index (χ4n) is 3.97. The third-order valence-corrected chi connectivity index (χ3v) is 6.03. The lowest BCUT2D eigenvalue weighted by molar-refractivity contribution is -0.139. The third-order valence-electron chi connectivity index (χ3n) is 6.03. The number of alkyl halides is 3. The van der Waals surface area contributed by atoms with Gasteiger partial charge in [0.05, 0.1) is 11.3 Å². The maximum Gasteiger partial charge on any atom is 0.416 e. The maximum absolute atomic E-state index is 13.1. The van der Waals surface area contributed by atoms with Crippen LogP contribution >= 0.6 is 0 Å². The van der Waals surface area contributed by atoms with Crippen molar-refractivity contribution in [3.05, 3.63) is 77.0 Å². The SMILES string of the molecule is COCCCc1cc(N(C)CCc2ccc(-c3cccc(C(F)(F)F)c3)nc2C)ccc1OCC(=O)O. The van der Waals surface area contributed by atoms with Gasteiger partial charge in [0.25, 0.3) is 0 Å². The van der Waals surface area contributed by atoms with E-state index in [1.54, 1.807) is 25.3 Å². The number of benzene rings is 2. The van der Waals surface area contributed by atoms with Crippen LogP contribution in [0.1, 0.15) is 28.8 Å². The molecule has 6 nitrogen and oxygen atoms in total. The summed E-state index contributed by atoms with van der Waals surface area (Å²) in [6, 6.07) is 14.5. The molecule has 0 fully saturated rings. The number of methoxy groups -OCH3 is 1. The van der Waals surface area contributed by atoms with Crippen LogP contribution in [0.5, 0.6) is 5.75 Å². The molecule has 0 bridgehead atoms. The molecule has 1 heterocycles. The number of carbonyl (C=O) groups is 1. The zero-order valence-corrected chi connectivity index (χ0v) is 21.1. The first kappa shape index (κ1) is 28.0. The van der Waals surface area contributed by atoms with Gasteiger partial charge in [-0.1, -0.05) is 18.2 Å². The average Bonchev–Trinajstić information content (AvgIpc) is 2.86. The van der Waals surface area contributed by atoms with Crippen molar-refractivity contribution < 1.29 is 32.5 Å². The topological polar surface area (TPSA) is 71.9 Å². The number of ether oxygens (including phenoxy) is 2. The predicted octanol–water partition coefficient (Wildman–Crippen LogP) is 5.80. The average molecular weight is 517 g/mol. The Kier molecular flexibility index (Phi) is 9.52. The van der Waals surface area contributed by atoms with E-state index in [0.29, 0.717) is 43.0 Å². The minimum atomic E-state index is -4.40. The highest BCUT2D eigenvalue weighted by molar-refractivity contribution is 5.68. The van der Waals surface area contributed by atoms with Crippen LogP contribution in [-0.2, 0) is 28.5 Å². The molecule has 3 aromatic rings. The Morgan fingerprint density at radius 1 is 1.05 bits per heavy atom. The molecule has 0 saturated carbocycles. The zero-order valence-electron chi connectivity index (χ0n) is 21.1. The van der Waals surface area contributed by atoms with E-state index in [-0.39, 0.29) is 0 Å². The number of rotatable bonds is 12. The lowest BCUT2D eigenvalue weighted by atomic mass is 10.0. The summed E-state index contributed by atoms with van der Waals surface area (Å²) in [5, 5.41) is 8.95. The van der Waals surface area contributed by atoms with Crippen LogP contribution in [0.2, 0.25) is 0 Å². The van der Waals surface area contributed by atoms with Gasteiger partial charge in [-0.2, -0.15) is 13.2 Å². The Labute approximate surface area is 214 Å². The van der Waals surface area contributed by atoms with Crippen LogP contribution in [0.3, 0.4) is 0 Å². The molecule has 0 saturated heterocycles. The summed E-state index contributed by atoms with van der Waals surface area (Å²) in [4.78, 5) is 17.6. The number of likely N-dealkylation sites (N-methyl/N-ethyl adjacent to an activating group) is 1. The summed E-state index contributed by atoms with van der Waals surface area (Å²) < 4.78 is 49.8. The number of halogens is 3. The van der Waals surface area contributed by atoms with Gasteiger partial charge in [-0.25, -0.2) is 4.79 Å². The molecule has 37 heavy (non-hydrogen) atoms. The highest BCUT2D eigenvalue weighted by atomic mass is 19.4. The summed E-state index contributed by atoms with van der Waals surface area (Å²) in [7, 11) is 3.60. The summed E-state index contributed by atoms with van der Waals surface area (Å²) in [5.74, 6) is -0.493. The monoisotopic (exact) mass is 516 g/mol. The van der Waals surface area contributed by atoms with Crippen molar-refractivity contribution in [2.75, 3.05) is 38.8 Å². The number of aromatic nitrogens is 1. The van der Waals surface area contributed by atoms with Gasteiger partial charge in [0, 0.05) is 44.3 Å². The van der Waals surface area contributed by atoms with E-state index in [9.17, 15) is 18.0 Å². The second-order valence-electron chi connectivity index (χ2n) is 8.76. The van der Waals surface area contributed by atoms with Crippen LogP contribution in [0.4, 0.5) is 18.9 Å². The standard InChI is InChI=1S/C28H31F3N2O4/c1-19-20(9-11-25(32-19)21-6-4-8-23(16-21)28(29,30)31)13-14-33(2)24-10-12-26(37-18-27(34)35)22(17-24)7-5-15-36-3/h4,6,8-12,16-17H,5,7,13-15,18H2,1-3H3,(H,34,35). The molecule has 1 aromatic heterocycles. The Bertz CT molecular complexity index is 1210. The Balaban J connectivity index is 1.70. The number of aryl methyl sites for hydroxylation is 2. The van der Waals surface area contributed by atoms with Crippen molar-refractivity contribution in [3.63, 3.8) is 0 Å². The fourth-order valence-corrected chi connectivity index (χ4v) is 3.97. The van der Waals surface area contributed by atoms with Crippen molar-refractivity contribution in [2.45, 2.75) is 32.4 Å².